The van der Waals surface area contributed by atoms with Crippen LogP contribution in [0.1, 0.15) is 12.8 Å². The van der Waals surface area contributed by atoms with Gasteiger partial charge in [-0.1, -0.05) is 0 Å². The quantitative estimate of drug-likeness (QED) is 0.772. The Hall–Kier alpha value is -0.650. The Kier molecular flexibility index (Phi) is 3.30. The summed E-state index contributed by atoms with van der Waals surface area (Å²) in [7, 11) is 0. The van der Waals surface area contributed by atoms with Crippen molar-refractivity contribution in [1.82, 2.24) is 9.80 Å². The van der Waals surface area contributed by atoms with Gasteiger partial charge in [-0.05, 0) is 25.3 Å². The smallest absolute Gasteiger partial charge is 0.311 e. The highest BCUT2D eigenvalue weighted by molar-refractivity contribution is 5.79. The van der Waals surface area contributed by atoms with Gasteiger partial charge in [0.15, 0.2) is 0 Å². The van der Waals surface area contributed by atoms with Gasteiger partial charge in [0.1, 0.15) is 0 Å². The zero-order valence-corrected chi connectivity index (χ0v) is 10.8. The SMILES string of the molecule is O=C(O)C12CC1CCN(CCN1CCOCC1)C2. The van der Waals surface area contributed by atoms with E-state index in [1.165, 1.54) is 0 Å². The van der Waals surface area contributed by atoms with E-state index in [9.17, 15) is 9.90 Å². The maximum Gasteiger partial charge on any atom is 0.311 e. The number of fused-ring (bicyclic) bond motifs is 1. The number of aliphatic carboxylic acids is 1. The minimum absolute atomic E-state index is 0.386. The molecule has 2 heterocycles. The molecule has 18 heavy (non-hydrogen) atoms. The van der Waals surface area contributed by atoms with Crippen LogP contribution in [0.25, 0.3) is 0 Å². The number of hydrogen-bond acceptors (Lipinski definition) is 4. The molecule has 3 fully saturated rings. The number of piperidine rings is 1. The number of carboxylic acids is 1. The molecule has 0 aromatic carbocycles. The first-order valence-electron chi connectivity index (χ1n) is 6.96. The minimum atomic E-state index is -0.580. The summed E-state index contributed by atoms with van der Waals surface area (Å²) in [6, 6.07) is 0. The van der Waals surface area contributed by atoms with Crippen LogP contribution in [0, 0.1) is 11.3 Å². The van der Waals surface area contributed by atoms with Gasteiger partial charge in [0.2, 0.25) is 0 Å². The van der Waals surface area contributed by atoms with E-state index in [1.54, 1.807) is 0 Å². The first-order valence-corrected chi connectivity index (χ1v) is 6.96. The number of rotatable bonds is 4. The third kappa shape index (κ3) is 2.27. The van der Waals surface area contributed by atoms with Gasteiger partial charge in [-0.15, -0.1) is 0 Å². The molecule has 0 aromatic heterocycles. The molecule has 5 nitrogen and oxygen atoms in total. The number of carboxylic acid groups (broad SMARTS) is 1. The summed E-state index contributed by atoms with van der Waals surface area (Å²) in [5.74, 6) is -0.127. The average Bonchev–Trinajstić information content (AvgIpc) is 3.13. The van der Waals surface area contributed by atoms with E-state index in [-0.39, 0.29) is 5.41 Å². The third-order valence-corrected chi connectivity index (χ3v) is 4.79. The fourth-order valence-corrected chi connectivity index (χ4v) is 3.40. The van der Waals surface area contributed by atoms with E-state index < -0.39 is 5.97 Å². The van der Waals surface area contributed by atoms with Crippen LogP contribution in [0.3, 0.4) is 0 Å². The molecule has 102 valence electrons. The number of morpholine rings is 1. The summed E-state index contributed by atoms with van der Waals surface area (Å²) < 4.78 is 5.33. The van der Waals surface area contributed by atoms with Gasteiger partial charge in [-0.3, -0.25) is 9.69 Å². The van der Waals surface area contributed by atoms with Crippen molar-refractivity contribution in [2.24, 2.45) is 11.3 Å². The predicted octanol–water partition coefficient (Wildman–Crippen LogP) is 0.115. The van der Waals surface area contributed by atoms with Crippen molar-refractivity contribution in [3.63, 3.8) is 0 Å². The highest BCUT2D eigenvalue weighted by atomic mass is 16.5. The summed E-state index contributed by atoms with van der Waals surface area (Å²) >= 11 is 0. The van der Waals surface area contributed by atoms with Gasteiger partial charge in [0.05, 0.1) is 18.6 Å². The molecule has 1 aliphatic carbocycles. The van der Waals surface area contributed by atoms with E-state index in [4.69, 9.17) is 4.74 Å². The summed E-state index contributed by atoms with van der Waals surface area (Å²) in [6.07, 6.45) is 1.96. The maximum atomic E-state index is 11.3. The highest BCUT2D eigenvalue weighted by Gasteiger charge is 2.62. The Morgan fingerprint density at radius 3 is 2.67 bits per heavy atom. The van der Waals surface area contributed by atoms with Crippen molar-refractivity contribution in [1.29, 1.82) is 0 Å². The summed E-state index contributed by atoms with van der Waals surface area (Å²) in [6.45, 7) is 7.58. The molecule has 0 spiro atoms. The fraction of sp³-hybridized carbons (Fsp3) is 0.923. The first-order chi connectivity index (χ1) is 8.71. The van der Waals surface area contributed by atoms with E-state index in [0.29, 0.717) is 5.92 Å². The number of nitrogens with zero attached hydrogens (tertiary/aromatic N) is 2. The molecule has 2 unspecified atom stereocenters. The molecule has 2 aliphatic heterocycles. The van der Waals surface area contributed by atoms with Crippen LogP contribution in [0.5, 0.6) is 0 Å². The van der Waals surface area contributed by atoms with Crippen LogP contribution < -0.4 is 0 Å². The molecule has 2 saturated heterocycles. The zero-order chi connectivity index (χ0) is 12.6. The van der Waals surface area contributed by atoms with Crippen LogP contribution in [0.2, 0.25) is 0 Å². The maximum absolute atomic E-state index is 11.3. The van der Waals surface area contributed by atoms with Gasteiger partial charge in [0.25, 0.3) is 0 Å². The van der Waals surface area contributed by atoms with Gasteiger partial charge in [0, 0.05) is 32.7 Å². The van der Waals surface area contributed by atoms with Gasteiger partial charge in [-0.25, -0.2) is 0 Å². The Bertz CT molecular complexity index is 330. The molecule has 3 aliphatic rings. The monoisotopic (exact) mass is 254 g/mol. The Morgan fingerprint density at radius 1 is 1.22 bits per heavy atom. The van der Waals surface area contributed by atoms with Crippen LogP contribution in [-0.2, 0) is 9.53 Å². The lowest BCUT2D eigenvalue weighted by Gasteiger charge is -2.33. The second-order valence-electron chi connectivity index (χ2n) is 5.88. The number of carbonyl (C=O) groups is 1. The standard InChI is InChI=1S/C13H22N2O3/c16-12(17)13-9-11(13)1-2-15(10-13)4-3-14-5-7-18-8-6-14/h11H,1-10H2,(H,16,17). The van der Waals surface area contributed by atoms with Crippen LogP contribution in [0.15, 0.2) is 0 Å². The van der Waals surface area contributed by atoms with Crippen molar-refractivity contribution in [3.8, 4) is 0 Å². The van der Waals surface area contributed by atoms with Gasteiger partial charge >= 0.3 is 5.97 Å². The van der Waals surface area contributed by atoms with Gasteiger partial charge in [-0.2, -0.15) is 0 Å². The van der Waals surface area contributed by atoms with Crippen molar-refractivity contribution in [2.45, 2.75) is 12.8 Å². The second kappa shape index (κ2) is 4.79. The van der Waals surface area contributed by atoms with E-state index >= 15 is 0 Å². The topological polar surface area (TPSA) is 53.0 Å². The molecule has 2 atom stereocenters. The molecule has 1 saturated carbocycles. The van der Waals surface area contributed by atoms with Gasteiger partial charge < -0.3 is 14.7 Å². The lowest BCUT2D eigenvalue weighted by Crippen LogP contribution is -2.46. The van der Waals surface area contributed by atoms with E-state index in [1.807, 2.05) is 0 Å². The normalized spacial score (nSPS) is 37.2. The van der Waals surface area contributed by atoms with Crippen molar-refractivity contribution in [2.75, 3.05) is 52.5 Å². The Morgan fingerprint density at radius 2 is 1.94 bits per heavy atom. The molecule has 5 heteroatoms. The molecule has 0 bridgehead atoms. The predicted molar refractivity (Wildman–Crippen MR) is 66.5 cm³/mol. The molecule has 3 rings (SSSR count). The number of hydrogen-bond donors (Lipinski definition) is 1. The summed E-state index contributed by atoms with van der Waals surface area (Å²) in [4.78, 5) is 16.1. The zero-order valence-electron chi connectivity index (χ0n) is 10.8. The molecule has 0 amide bonds. The van der Waals surface area contributed by atoms with Crippen LogP contribution >= 0.6 is 0 Å². The third-order valence-electron chi connectivity index (χ3n) is 4.79. The van der Waals surface area contributed by atoms with Crippen LogP contribution in [-0.4, -0.2) is 73.4 Å². The number of ether oxygens (including phenoxy) is 1. The highest BCUT2D eigenvalue weighted by Crippen LogP contribution is 2.57. The number of likely N-dealkylation sites (tertiary alicyclic amines) is 1. The second-order valence-corrected chi connectivity index (χ2v) is 5.88. The average molecular weight is 254 g/mol. The lowest BCUT2D eigenvalue weighted by molar-refractivity contribution is -0.145. The molecular formula is C13H22N2O3. The molecule has 0 radical (unpaired) electrons. The summed E-state index contributed by atoms with van der Waals surface area (Å²) in [5.41, 5.74) is -0.386. The fourth-order valence-electron chi connectivity index (χ4n) is 3.40. The first kappa shape index (κ1) is 12.4. The summed E-state index contributed by atoms with van der Waals surface area (Å²) in [5, 5.41) is 9.32. The van der Waals surface area contributed by atoms with Crippen molar-refractivity contribution < 1.29 is 14.6 Å². The van der Waals surface area contributed by atoms with E-state index in [0.717, 1.165) is 65.3 Å². The Labute approximate surface area is 108 Å². The van der Waals surface area contributed by atoms with E-state index in [2.05, 4.69) is 9.80 Å². The van der Waals surface area contributed by atoms with Crippen molar-refractivity contribution in [3.05, 3.63) is 0 Å². The largest absolute Gasteiger partial charge is 0.481 e. The lowest BCUT2D eigenvalue weighted by atomic mass is 9.97. The van der Waals surface area contributed by atoms with Crippen molar-refractivity contribution >= 4 is 5.97 Å². The van der Waals surface area contributed by atoms with Crippen LogP contribution in [0.4, 0.5) is 0 Å². The molecular weight excluding hydrogens is 232 g/mol. The Balaban J connectivity index is 1.47. The minimum Gasteiger partial charge on any atom is -0.481 e. The molecule has 1 N–H and O–H groups in total. The molecule has 0 aromatic rings.